The molecule has 0 unspecified atom stereocenters. The summed E-state index contributed by atoms with van der Waals surface area (Å²) >= 11 is 0. The molecule has 0 saturated heterocycles. The molecule has 148 valence electrons. The van der Waals surface area contributed by atoms with Crippen molar-refractivity contribution in [1.82, 2.24) is 14.9 Å². The largest absolute Gasteiger partial charge is 0.497 e. The number of benzene rings is 2. The van der Waals surface area contributed by atoms with E-state index in [2.05, 4.69) is 45.2 Å². The summed E-state index contributed by atoms with van der Waals surface area (Å²) in [7, 11) is 1.67. The molecule has 2 aromatic carbocycles. The second-order valence-corrected chi connectivity index (χ2v) is 7.76. The summed E-state index contributed by atoms with van der Waals surface area (Å²) in [6, 6.07) is 16.6. The molecule has 5 heteroatoms. The monoisotopic (exact) mass is 387 g/mol. The maximum Gasteiger partial charge on any atom is 0.222 e. The molecule has 4 aromatic rings. The van der Waals surface area contributed by atoms with E-state index in [4.69, 9.17) is 4.74 Å². The molecule has 0 bridgehead atoms. The van der Waals surface area contributed by atoms with Crippen LogP contribution >= 0.6 is 0 Å². The van der Waals surface area contributed by atoms with Gasteiger partial charge in [0.2, 0.25) is 5.91 Å². The number of hydrogen-bond acceptors (Lipinski definition) is 2. The van der Waals surface area contributed by atoms with Crippen LogP contribution in [0.1, 0.15) is 36.6 Å². The molecule has 0 saturated carbocycles. The Morgan fingerprint density at radius 2 is 2.14 bits per heavy atom. The Bertz CT molecular complexity index is 1190. The minimum Gasteiger partial charge on any atom is -0.497 e. The molecule has 1 amide bonds. The van der Waals surface area contributed by atoms with Crippen LogP contribution in [-0.2, 0) is 17.8 Å². The molecule has 2 N–H and O–H groups in total. The summed E-state index contributed by atoms with van der Waals surface area (Å²) in [5, 5.41) is 5.67. The van der Waals surface area contributed by atoms with Crippen molar-refractivity contribution in [3.05, 3.63) is 66.0 Å². The molecular formula is C24H25N3O2. The van der Waals surface area contributed by atoms with Crippen LogP contribution in [0.4, 0.5) is 0 Å². The fraction of sp³-hybridized carbons (Fsp3) is 0.292. The summed E-state index contributed by atoms with van der Waals surface area (Å²) < 4.78 is 7.42. The molecular weight excluding hydrogens is 362 g/mol. The molecule has 1 aliphatic carbocycles. The van der Waals surface area contributed by atoms with Crippen LogP contribution in [0.2, 0.25) is 0 Å². The highest BCUT2D eigenvalue weighted by Crippen LogP contribution is 2.34. The minimum atomic E-state index is 0.0734. The van der Waals surface area contributed by atoms with E-state index in [9.17, 15) is 4.79 Å². The van der Waals surface area contributed by atoms with Gasteiger partial charge in [0.1, 0.15) is 5.75 Å². The Morgan fingerprint density at radius 3 is 3.03 bits per heavy atom. The highest BCUT2D eigenvalue weighted by Gasteiger charge is 2.25. The number of rotatable bonds is 5. The van der Waals surface area contributed by atoms with Gasteiger partial charge >= 0.3 is 0 Å². The third kappa shape index (κ3) is 3.27. The number of carbonyl (C=O) groups is 1. The first-order chi connectivity index (χ1) is 14.2. The van der Waals surface area contributed by atoms with Crippen molar-refractivity contribution in [2.24, 2.45) is 0 Å². The van der Waals surface area contributed by atoms with Crippen molar-refractivity contribution < 1.29 is 9.53 Å². The summed E-state index contributed by atoms with van der Waals surface area (Å²) in [5.41, 5.74) is 4.83. The number of nitrogens with zero attached hydrogens (tertiary/aromatic N) is 1. The molecule has 5 rings (SSSR count). The zero-order valence-corrected chi connectivity index (χ0v) is 16.6. The maximum atomic E-state index is 12.7. The number of aromatic nitrogens is 2. The van der Waals surface area contributed by atoms with Gasteiger partial charge in [-0.05, 0) is 55.2 Å². The first-order valence-corrected chi connectivity index (χ1v) is 10.2. The number of methoxy groups -OCH3 is 1. The van der Waals surface area contributed by atoms with E-state index < -0.39 is 0 Å². The molecule has 2 heterocycles. The predicted octanol–water partition coefficient (Wildman–Crippen LogP) is 4.72. The van der Waals surface area contributed by atoms with E-state index in [0.29, 0.717) is 13.0 Å². The van der Waals surface area contributed by atoms with Gasteiger partial charge in [-0.2, -0.15) is 0 Å². The predicted molar refractivity (Wildman–Crippen MR) is 115 cm³/mol. The zero-order chi connectivity index (χ0) is 19.8. The number of carbonyl (C=O) groups excluding carboxylic acids is 1. The van der Waals surface area contributed by atoms with Crippen LogP contribution < -0.4 is 10.1 Å². The van der Waals surface area contributed by atoms with Crippen molar-refractivity contribution in [3.8, 4) is 5.75 Å². The summed E-state index contributed by atoms with van der Waals surface area (Å²) in [6.07, 6.45) is 5.65. The van der Waals surface area contributed by atoms with Gasteiger partial charge in [-0.25, -0.2) is 0 Å². The Balaban J connectivity index is 1.29. The standard InChI is InChI=1S/C24H25N3O2/c1-29-17-9-10-22-16(15-17)11-13-27(22)14-12-23(28)25-21-8-4-6-19-18-5-2-3-7-20(18)26-24(19)21/h2-3,5,7,9-11,13,15,21,26H,4,6,8,12,14H2,1H3,(H,25,28)/t21-/m0/s1. The average molecular weight is 387 g/mol. The smallest absolute Gasteiger partial charge is 0.222 e. The second-order valence-electron chi connectivity index (χ2n) is 7.76. The number of fused-ring (bicyclic) bond motifs is 4. The van der Waals surface area contributed by atoms with E-state index in [0.717, 1.165) is 41.4 Å². The van der Waals surface area contributed by atoms with Crippen molar-refractivity contribution in [2.45, 2.75) is 38.3 Å². The number of nitrogens with one attached hydrogen (secondary N) is 2. The van der Waals surface area contributed by atoms with Gasteiger partial charge in [-0.1, -0.05) is 18.2 Å². The van der Waals surface area contributed by atoms with Crippen LogP contribution in [0.5, 0.6) is 5.75 Å². The number of para-hydroxylation sites is 1. The molecule has 2 aromatic heterocycles. The summed E-state index contributed by atoms with van der Waals surface area (Å²) in [5.74, 6) is 0.941. The third-order valence-corrected chi connectivity index (χ3v) is 6.01. The number of H-pyrrole nitrogens is 1. The fourth-order valence-corrected chi connectivity index (χ4v) is 4.55. The molecule has 0 aliphatic heterocycles. The lowest BCUT2D eigenvalue weighted by molar-refractivity contribution is -0.122. The van der Waals surface area contributed by atoms with E-state index in [-0.39, 0.29) is 11.9 Å². The van der Waals surface area contributed by atoms with Crippen LogP contribution in [0.3, 0.4) is 0 Å². The molecule has 1 aliphatic rings. The van der Waals surface area contributed by atoms with Gasteiger partial charge in [0.15, 0.2) is 0 Å². The van der Waals surface area contributed by atoms with Crippen molar-refractivity contribution in [2.75, 3.05) is 7.11 Å². The van der Waals surface area contributed by atoms with Crippen LogP contribution in [-0.4, -0.2) is 22.6 Å². The average Bonchev–Trinajstić information content (AvgIpc) is 3.33. The SMILES string of the molecule is COc1ccc2c(ccn2CCC(=O)N[C@H]2CCCc3c2[nH]c2ccccc32)c1. The molecule has 1 atom stereocenters. The summed E-state index contributed by atoms with van der Waals surface area (Å²) in [6.45, 7) is 0.661. The molecule has 5 nitrogen and oxygen atoms in total. The number of aryl methyl sites for hydroxylation is 2. The van der Waals surface area contributed by atoms with Gasteiger partial charge < -0.3 is 19.6 Å². The first-order valence-electron chi connectivity index (χ1n) is 10.2. The van der Waals surface area contributed by atoms with Gasteiger partial charge in [-0.15, -0.1) is 0 Å². The van der Waals surface area contributed by atoms with Crippen molar-refractivity contribution in [1.29, 1.82) is 0 Å². The van der Waals surface area contributed by atoms with Gasteiger partial charge in [0.05, 0.1) is 13.2 Å². The number of ether oxygens (including phenoxy) is 1. The minimum absolute atomic E-state index is 0.0734. The quantitative estimate of drug-likeness (QED) is 0.521. The Labute approximate surface area is 169 Å². The van der Waals surface area contributed by atoms with E-state index >= 15 is 0 Å². The highest BCUT2D eigenvalue weighted by molar-refractivity contribution is 5.86. The maximum absolute atomic E-state index is 12.7. The Hall–Kier alpha value is -3.21. The molecule has 0 spiro atoms. The van der Waals surface area contributed by atoms with Crippen LogP contribution in [0.15, 0.2) is 54.7 Å². The van der Waals surface area contributed by atoms with Crippen LogP contribution in [0, 0.1) is 0 Å². The Morgan fingerprint density at radius 1 is 1.24 bits per heavy atom. The van der Waals surface area contributed by atoms with Gasteiger partial charge in [0.25, 0.3) is 0 Å². The van der Waals surface area contributed by atoms with Crippen molar-refractivity contribution >= 4 is 27.7 Å². The van der Waals surface area contributed by atoms with Gasteiger partial charge in [-0.3, -0.25) is 4.79 Å². The second kappa shape index (κ2) is 7.32. The topological polar surface area (TPSA) is 59.0 Å². The van der Waals surface area contributed by atoms with E-state index in [1.807, 2.05) is 24.4 Å². The van der Waals surface area contributed by atoms with E-state index in [1.54, 1.807) is 7.11 Å². The van der Waals surface area contributed by atoms with Crippen molar-refractivity contribution in [3.63, 3.8) is 0 Å². The van der Waals surface area contributed by atoms with Crippen LogP contribution in [0.25, 0.3) is 21.8 Å². The lowest BCUT2D eigenvalue weighted by Gasteiger charge is -2.24. The molecule has 0 radical (unpaired) electrons. The lowest BCUT2D eigenvalue weighted by Crippen LogP contribution is -2.31. The zero-order valence-electron chi connectivity index (χ0n) is 16.6. The number of hydrogen-bond donors (Lipinski definition) is 2. The fourth-order valence-electron chi connectivity index (χ4n) is 4.55. The van der Waals surface area contributed by atoms with E-state index in [1.165, 1.54) is 16.6 Å². The highest BCUT2D eigenvalue weighted by atomic mass is 16.5. The Kier molecular flexibility index (Phi) is 4.51. The molecule has 0 fully saturated rings. The molecule has 29 heavy (non-hydrogen) atoms. The lowest BCUT2D eigenvalue weighted by atomic mass is 9.91. The number of aromatic amines is 1. The third-order valence-electron chi connectivity index (χ3n) is 6.01. The summed E-state index contributed by atoms with van der Waals surface area (Å²) in [4.78, 5) is 16.3. The normalized spacial score (nSPS) is 16.1. The number of amides is 1. The van der Waals surface area contributed by atoms with Gasteiger partial charge in [0, 0.05) is 46.7 Å². The first kappa shape index (κ1) is 17.9.